The van der Waals surface area contributed by atoms with Gasteiger partial charge in [-0.25, -0.2) is 9.97 Å². The molecule has 0 amide bonds. The summed E-state index contributed by atoms with van der Waals surface area (Å²) in [5, 5.41) is 7.20. The van der Waals surface area contributed by atoms with E-state index < -0.39 is 0 Å². The number of fused-ring (bicyclic) bond motifs is 1. The molecule has 0 atom stereocenters. The average Bonchev–Trinajstić information content (AvgIpc) is 3.21. The van der Waals surface area contributed by atoms with Crippen LogP contribution in [0.15, 0.2) is 33.5 Å². The maximum atomic E-state index is 5.46. The van der Waals surface area contributed by atoms with Crippen LogP contribution in [-0.2, 0) is 6.42 Å². The summed E-state index contributed by atoms with van der Waals surface area (Å²) in [6.45, 7) is 4.14. The van der Waals surface area contributed by atoms with E-state index >= 15 is 0 Å². The number of hydrogen-bond acceptors (Lipinski definition) is 9. The Kier molecular flexibility index (Phi) is 3.81. The Balaban J connectivity index is 1.46. The van der Waals surface area contributed by atoms with Crippen LogP contribution in [-0.4, -0.2) is 36.6 Å². The first-order valence-electron chi connectivity index (χ1n) is 7.77. The summed E-state index contributed by atoms with van der Waals surface area (Å²) in [5.41, 5.74) is 1.91. The Bertz CT molecular complexity index is 1010. The molecule has 0 aromatic carbocycles. The van der Waals surface area contributed by atoms with E-state index in [9.17, 15) is 0 Å². The fraction of sp³-hybridized carbons (Fsp3) is 0.250. The molecule has 0 bridgehead atoms. The van der Waals surface area contributed by atoms with Crippen LogP contribution in [0.2, 0.25) is 0 Å². The maximum absolute atomic E-state index is 5.46. The lowest BCUT2D eigenvalue weighted by atomic mass is 10.3. The minimum absolute atomic E-state index is 0.476. The highest BCUT2D eigenvalue weighted by Crippen LogP contribution is 2.20. The Labute approximate surface area is 142 Å². The van der Waals surface area contributed by atoms with Gasteiger partial charge in [-0.1, -0.05) is 5.16 Å². The van der Waals surface area contributed by atoms with Gasteiger partial charge in [0.1, 0.15) is 5.82 Å². The number of nitrogens with one attached hydrogen (secondary N) is 1. The molecule has 0 aliphatic carbocycles. The van der Waals surface area contributed by atoms with Gasteiger partial charge in [0.2, 0.25) is 11.7 Å². The third-order valence-electron chi connectivity index (χ3n) is 3.50. The molecule has 9 nitrogen and oxygen atoms in total. The van der Waals surface area contributed by atoms with E-state index in [1.165, 1.54) is 0 Å². The van der Waals surface area contributed by atoms with Gasteiger partial charge in [0.25, 0.3) is 5.71 Å². The molecule has 0 saturated heterocycles. The summed E-state index contributed by atoms with van der Waals surface area (Å²) in [6, 6.07) is 3.71. The van der Waals surface area contributed by atoms with Crippen molar-refractivity contribution in [3.05, 3.63) is 42.1 Å². The second-order valence-electron chi connectivity index (χ2n) is 5.44. The minimum Gasteiger partial charge on any atom is -0.422 e. The second-order valence-corrected chi connectivity index (χ2v) is 5.44. The zero-order chi connectivity index (χ0) is 17.2. The Morgan fingerprint density at radius 3 is 2.88 bits per heavy atom. The molecule has 4 heterocycles. The molecule has 4 aromatic heterocycles. The van der Waals surface area contributed by atoms with Crippen LogP contribution in [0.4, 0.5) is 5.82 Å². The molecule has 0 fully saturated rings. The predicted octanol–water partition coefficient (Wildman–Crippen LogP) is 2.33. The Hall–Kier alpha value is -3.36. The highest BCUT2D eigenvalue weighted by Gasteiger charge is 2.13. The summed E-state index contributed by atoms with van der Waals surface area (Å²) >= 11 is 0. The van der Waals surface area contributed by atoms with Gasteiger partial charge in [-0.2, -0.15) is 9.97 Å². The van der Waals surface area contributed by atoms with Crippen LogP contribution in [0.25, 0.3) is 22.6 Å². The van der Waals surface area contributed by atoms with E-state index in [1.54, 1.807) is 26.2 Å². The zero-order valence-electron chi connectivity index (χ0n) is 13.7. The average molecular weight is 337 g/mol. The van der Waals surface area contributed by atoms with Crippen molar-refractivity contribution in [1.29, 1.82) is 0 Å². The number of hydrogen-bond donors (Lipinski definition) is 1. The molecule has 4 aromatic rings. The number of oxazole rings is 1. The van der Waals surface area contributed by atoms with Gasteiger partial charge in [-0.05, 0) is 19.1 Å². The summed E-state index contributed by atoms with van der Waals surface area (Å²) in [4.78, 5) is 21.3. The molecule has 9 heteroatoms. The van der Waals surface area contributed by atoms with E-state index in [0.29, 0.717) is 53.4 Å². The molecule has 0 aliphatic rings. The topological polar surface area (TPSA) is 116 Å². The number of pyridine rings is 1. The first-order valence-corrected chi connectivity index (χ1v) is 7.77. The Morgan fingerprint density at radius 1 is 1.12 bits per heavy atom. The maximum Gasteiger partial charge on any atom is 0.252 e. The van der Waals surface area contributed by atoms with Crippen LogP contribution in [0.1, 0.15) is 17.6 Å². The van der Waals surface area contributed by atoms with Gasteiger partial charge in [0.15, 0.2) is 17.2 Å². The summed E-state index contributed by atoms with van der Waals surface area (Å²) in [6.07, 6.45) is 3.94. The number of nitrogens with zero attached hydrogens (tertiary/aromatic N) is 6. The fourth-order valence-electron chi connectivity index (χ4n) is 2.41. The fourth-order valence-corrected chi connectivity index (χ4v) is 2.41. The first kappa shape index (κ1) is 15.2. The lowest BCUT2D eigenvalue weighted by Gasteiger charge is -2.04. The van der Waals surface area contributed by atoms with Crippen molar-refractivity contribution in [2.75, 3.05) is 11.9 Å². The van der Waals surface area contributed by atoms with Crippen molar-refractivity contribution in [3.8, 4) is 11.4 Å². The SMILES string of the molecule is Cc1nc(NCCc2nc(-c3cccnc3)no2)c2nc(C)oc2n1. The molecule has 1 N–H and O–H groups in total. The molecule has 0 aliphatic heterocycles. The van der Waals surface area contributed by atoms with Crippen molar-refractivity contribution in [1.82, 2.24) is 30.1 Å². The smallest absolute Gasteiger partial charge is 0.252 e. The van der Waals surface area contributed by atoms with Crippen molar-refractivity contribution < 1.29 is 8.94 Å². The lowest BCUT2D eigenvalue weighted by Crippen LogP contribution is -2.08. The normalized spacial score (nSPS) is 11.1. The molecule has 0 radical (unpaired) electrons. The van der Waals surface area contributed by atoms with E-state index in [-0.39, 0.29) is 0 Å². The van der Waals surface area contributed by atoms with Gasteiger partial charge in [0, 0.05) is 37.8 Å². The molecular formula is C16H15N7O2. The monoisotopic (exact) mass is 337 g/mol. The highest BCUT2D eigenvalue weighted by molar-refractivity contribution is 5.81. The quantitative estimate of drug-likeness (QED) is 0.585. The third-order valence-corrected chi connectivity index (χ3v) is 3.50. The van der Waals surface area contributed by atoms with Crippen molar-refractivity contribution in [3.63, 3.8) is 0 Å². The molecule has 25 heavy (non-hydrogen) atoms. The standard InChI is InChI=1S/C16H15N7O2/c1-9-19-15(13-16(20-9)24-10(2)21-13)18-7-5-12-22-14(23-25-12)11-4-3-6-17-8-11/h3-4,6,8H,5,7H2,1-2H3,(H,18,19,20). The number of anilines is 1. The molecule has 0 saturated carbocycles. The molecule has 4 rings (SSSR count). The van der Waals surface area contributed by atoms with E-state index in [2.05, 4.69) is 35.4 Å². The van der Waals surface area contributed by atoms with Gasteiger partial charge >= 0.3 is 0 Å². The zero-order valence-corrected chi connectivity index (χ0v) is 13.7. The summed E-state index contributed by atoms with van der Waals surface area (Å²) in [7, 11) is 0. The lowest BCUT2D eigenvalue weighted by molar-refractivity contribution is 0.381. The van der Waals surface area contributed by atoms with Crippen LogP contribution < -0.4 is 5.32 Å². The van der Waals surface area contributed by atoms with Crippen molar-refractivity contribution in [2.24, 2.45) is 0 Å². The van der Waals surface area contributed by atoms with E-state index in [0.717, 1.165) is 5.56 Å². The van der Waals surface area contributed by atoms with Crippen LogP contribution >= 0.6 is 0 Å². The molecule has 0 unspecified atom stereocenters. The number of rotatable bonds is 5. The van der Waals surface area contributed by atoms with Crippen LogP contribution in [0.5, 0.6) is 0 Å². The predicted molar refractivity (Wildman–Crippen MR) is 88.8 cm³/mol. The number of aromatic nitrogens is 6. The van der Waals surface area contributed by atoms with Gasteiger partial charge in [-0.15, -0.1) is 0 Å². The van der Waals surface area contributed by atoms with Gasteiger partial charge in [-0.3, -0.25) is 4.98 Å². The molecule has 126 valence electrons. The van der Waals surface area contributed by atoms with Crippen LogP contribution in [0.3, 0.4) is 0 Å². The van der Waals surface area contributed by atoms with E-state index in [4.69, 9.17) is 8.94 Å². The van der Waals surface area contributed by atoms with Crippen molar-refractivity contribution in [2.45, 2.75) is 20.3 Å². The second kappa shape index (κ2) is 6.27. The summed E-state index contributed by atoms with van der Waals surface area (Å²) in [5.74, 6) is 2.85. The first-order chi connectivity index (χ1) is 12.2. The minimum atomic E-state index is 0.476. The molecular weight excluding hydrogens is 322 g/mol. The van der Waals surface area contributed by atoms with Gasteiger partial charge < -0.3 is 14.3 Å². The largest absolute Gasteiger partial charge is 0.422 e. The number of aryl methyl sites for hydroxylation is 2. The highest BCUT2D eigenvalue weighted by atomic mass is 16.5. The van der Waals surface area contributed by atoms with E-state index in [1.807, 2.05) is 12.1 Å². The van der Waals surface area contributed by atoms with Crippen molar-refractivity contribution >= 4 is 17.0 Å². The summed E-state index contributed by atoms with van der Waals surface area (Å²) < 4.78 is 10.7. The third kappa shape index (κ3) is 3.16. The van der Waals surface area contributed by atoms with Gasteiger partial charge in [0.05, 0.1) is 0 Å². The molecule has 0 spiro atoms. The Morgan fingerprint density at radius 2 is 2.04 bits per heavy atom. The van der Waals surface area contributed by atoms with Crippen LogP contribution in [0, 0.1) is 13.8 Å².